The van der Waals surface area contributed by atoms with Gasteiger partial charge in [-0.25, -0.2) is 12.8 Å². The molecule has 6 heteroatoms. The molecule has 1 aromatic rings. The van der Waals surface area contributed by atoms with Crippen molar-refractivity contribution in [2.75, 3.05) is 6.61 Å². The molecule has 4 nitrogen and oxygen atoms in total. The molecule has 0 aliphatic heterocycles. The topological polar surface area (TPSA) is 55.4 Å². The zero-order chi connectivity index (χ0) is 12.9. The predicted octanol–water partition coefficient (Wildman–Crippen LogP) is 1.83. The third-order valence-electron chi connectivity index (χ3n) is 1.87. The van der Waals surface area contributed by atoms with Crippen LogP contribution in [0.4, 0.5) is 4.39 Å². The van der Waals surface area contributed by atoms with E-state index in [1.54, 1.807) is 0 Å². The second-order valence-electron chi connectivity index (χ2n) is 4.17. The highest BCUT2D eigenvalue weighted by atomic mass is 32.2. The standard InChI is InChI=1S/C11H16FNO3S/c1-9(2)7-16-13-17(14,15)8-10-3-5-11(12)6-4-10/h3-6,9,13H,7-8H2,1-2H3. The molecule has 0 spiro atoms. The summed E-state index contributed by atoms with van der Waals surface area (Å²) in [4.78, 5) is 6.88. The number of benzene rings is 1. The van der Waals surface area contributed by atoms with Crippen molar-refractivity contribution in [3.8, 4) is 0 Å². The first-order valence-corrected chi connectivity index (χ1v) is 6.90. The van der Waals surface area contributed by atoms with E-state index >= 15 is 0 Å². The Kier molecular flexibility index (Phi) is 5.04. The molecule has 0 saturated carbocycles. The number of rotatable bonds is 6. The number of sulfonamides is 1. The number of nitrogens with one attached hydrogen (secondary N) is 1. The highest BCUT2D eigenvalue weighted by Crippen LogP contribution is 2.06. The Morgan fingerprint density at radius 1 is 1.29 bits per heavy atom. The Labute approximate surface area is 101 Å². The molecule has 0 aliphatic rings. The lowest BCUT2D eigenvalue weighted by Crippen LogP contribution is -2.27. The fourth-order valence-electron chi connectivity index (χ4n) is 1.12. The first-order valence-electron chi connectivity index (χ1n) is 5.25. The smallest absolute Gasteiger partial charge is 0.237 e. The molecule has 0 amide bonds. The summed E-state index contributed by atoms with van der Waals surface area (Å²) >= 11 is 0. The van der Waals surface area contributed by atoms with Gasteiger partial charge in [0.05, 0.1) is 12.4 Å². The van der Waals surface area contributed by atoms with E-state index in [2.05, 4.69) is 0 Å². The average molecular weight is 261 g/mol. The van der Waals surface area contributed by atoms with Crippen molar-refractivity contribution in [2.24, 2.45) is 5.92 Å². The van der Waals surface area contributed by atoms with E-state index in [1.807, 2.05) is 18.7 Å². The van der Waals surface area contributed by atoms with Crippen molar-refractivity contribution in [3.63, 3.8) is 0 Å². The van der Waals surface area contributed by atoms with Gasteiger partial charge >= 0.3 is 0 Å². The van der Waals surface area contributed by atoms with E-state index in [0.29, 0.717) is 12.2 Å². The van der Waals surface area contributed by atoms with Gasteiger partial charge in [0, 0.05) is 0 Å². The molecule has 1 N–H and O–H groups in total. The largest absolute Gasteiger partial charge is 0.287 e. The van der Waals surface area contributed by atoms with Crippen LogP contribution in [0.15, 0.2) is 24.3 Å². The minimum Gasteiger partial charge on any atom is -0.287 e. The van der Waals surface area contributed by atoms with Gasteiger partial charge in [-0.2, -0.15) is 0 Å². The Balaban J connectivity index is 2.52. The molecule has 17 heavy (non-hydrogen) atoms. The molecular weight excluding hydrogens is 245 g/mol. The van der Waals surface area contributed by atoms with Gasteiger partial charge in [0.1, 0.15) is 5.82 Å². The van der Waals surface area contributed by atoms with E-state index in [1.165, 1.54) is 24.3 Å². The third kappa shape index (κ3) is 5.76. The van der Waals surface area contributed by atoms with Gasteiger partial charge in [-0.15, -0.1) is 0 Å². The highest BCUT2D eigenvalue weighted by molar-refractivity contribution is 7.88. The lowest BCUT2D eigenvalue weighted by atomic mass is 10.2. The third-order valence-corrected chi connectivity index (χ3v) is 2.96. The number of hydrogen-bond donors (Lipinski definition) is 1. The summed E-state index contributed by atoms with van der Waals surface area (Å²) in [5.74, 6) is -0.385. The van der Waals surface area contributed by atoms with Crippen molar-refractivity contribution in [3.05, 3.63) is 35.6 Å². The van der Waals surface area contributed by atoms with E-state index in [4.69, 9.17) is 4.84 Å². The van der Waals surface area contributed by atoms with Crippen LogP contribution in [0.25, 0.3) is 0 Å². The molecule has 0 aromatic heterocycles. The molecule has 1 aromatic carbocycles. The van der Waals surface area contributed by atoms with Gasteiger partial charge in [0.2, 0.25) is 10.0 Å². The van der Waals surface area contributed by atoms with Gasteiger partial charge in [0.25, 0.3) is 0 Å². The van der Waals surface area contributed by atoms with E-state index in [-0.39, 0.29) is 11.7 Å². The minimum absolute atomic E-state index is 0.231. The Morgan fingerprint density at radius 2 is 1.88 bits per heavy atom. The van der Waals surface area contributed by atoms with E-state index < -0.39 is 15.8 Å². The monoisotopic (exact) mass is 261 g/mol. The molecule has 0 aliphatic carbocycles. The van der Waals surface area contributed by atoms with Crippen molar-refractivity contribution >= 4 is 10.0 Å². The summed E-state index contributed by atoms with van der Waals surface area (Å²) < 4.78 is 35.7. The SMILES string of the molecule is CC(C)CONS(=O)(=O)Cc1ccc(F)cc1. The van der Waals surface area contributed by atoms with Crippen LogP contribution in [0.3, 0.4) is 0 Å². The van der Waals surface area contributed by atoms with Crippen LogP contribution in [0.5, 0.6) is 0 Å². The zero-order valence-electron chi connectivity index (χ0n) is 9.81. The first kappa shape index (κ1) is 14.1. The van der Waals surface area contributed by atoms with Gasteiger partial charge in [-0.1, -0.05) is 30.9 Å². The fraction of sp³-hybridized carbons (Fsp3) is 0.455. The second-order valence-corrected chi connectivity index (χ2v) is 5.86. The van der Waals surface area contributed by atoms with Crippen LogP contribution in [-0.2, 0) is 20.6 Å². The summed E-state index contributed by atoms with van der Waals surface area (Å²) in [6.45, 7) is 4.13. The molecule has 96 valence electrons. The molecule has 0 unspecified atom stereocenters. The average Bonchev–Trinajstić information content (AvgIpc) is 2.20. The molecule has 0 heterocycles. The maximum absolute atomic E-state index is 12.6. The van der Waals surface area contributed by atoms with E-state index in [0.717, 1.165) is 0 Å². The van der Waals surface area contributed by atoms with Crippen LogP contribution in [0.1, 0.15) is 19.4 Å². The maximum Gasteiger partial charge on any atom is 0.237 e. The van der Waals surface area contributed by atoms with Crippen molar-refractivity contribution in [2.45, 2.75) is 19.6 Å². The Hall–Kier alpha value is -0.980. The molecule has 0 atom stereocenters. The van der Waals surface area contributed by atoms with Gasteiger partial charge in [0.15, 0.2) is 0 Å². The van der Waals surface area contributed by atoms with Crippen LogP contribution < -0.4 is 4.89 Å². The van der Waals surface area contributed by atoms with Gasteiger partial charge in [-0.3, -0.25) is 4.84 Å². The predicted molar refractivity (Wildman–Crippen MR) is 62.9 cm³/mol. The molecular formula is C11H16FNO3S. The van der Waals surface area contributed by atoms with Crippen LogP contribution in [-0.4, -0.2) is 15.0 Å². The molecule has 0 radical (unpaired) electrons. The molecule has 0 fully saturated rings. The molecule has 0 bridgehead atoms. The quantitative estimate of drug-likeness (QED) is 0.795. The first-order chi connectivity index (χ1) is 7.89. The lowest BCUT2D eigenvalue weighted by Gasteiger charge is -2.08. The highest BCUT2D eigenvalue weighted by Gasteiger charge is 2.11. The Bertz CT molecular complexity index is 442. The van der Waals surface area contributed by atoms with E-state index in [9.17, 15) is 12.8 Å². The lowest BCUT2D eigenvalue weighted by molar-refractivity contribution is 0.0718. The maximum atomic E-state index is 12.6. The normalized spacial score (nSPS) is 12.0. The number of halogens is 1. The summed E-state index contributed by atoms with van der Waals surface area (Å²) in [6.07, 6.45) is 0. The second kappa shape index (κ2) is 6.09. The summed E-state index contributed by atoms with van der Waals surface area (Å²) in [6, 6.07) is 5.30. The Morgan fingerprint density at radius 3 is 2.41 bits per heavy atom. The van der Waals surface area contributed by atoms with Crippen molar-refractivity contribution in [1.29, 1.82) is 0 Å². The van der Waals surface area contributed by atoms with Crippen LogP contribution in [0.2, 0.25) is 0 Å². The van der Waals surface area contributed by atoms with Crippen LogP contribution in [0, 0.1) is 11.7 Å². The summed E-state index contributed by atoms with van der Waals surface area (Å²) in [5.41, 5.74) is 0.507. The molecule has 0 saturated heterocycles. The minimum atomic E-state index is -3.54. The fourth-order valence-corrected chi connectivity index (χ4v) is 2.06. The van der Waals surface area contributed by atoms with Crippen LogP contribution >= 0.6 is 0 Å². The zero-order valence-corrected chi connectivity index (χ0v) is 10.6. The summed E-state index contributed by atoms with van der Waals surface area (Å²) in [5, 5.41) is 0. The van der Waals surface area contributed by atoms with Gasteiger partial charge in [-0.05, 0) is 23.6 Å². The van der Waals surface area contributed by atoms with Crippen molar-refractivity contribution in [1.82, 2.24) is 4.89 Å². The van der Waals surface area contributed by atoms with Gasteiger partial charge < -0.3 is 0 Å². The van der Waals surface area contributed by atoms with Crippen molar-refractivity contribution < 1.29 is 17.6 Å². The summed E-state index contributed by atoms with van der Waals surface area (Å²) in [7, 11) is -3.54. The number of hydrogen-bond acceptors (Lipinski definition) is 3. The molecule has 1 rings (SSSR count).